The highest BCUT2D eigenvalue weighted by atomic mass is 79.9. The van der Waals surface area contributed by atoms with Gasteiger partial charge in [0.25, 0.3) is 0 Å². The number of fused-ring (bicyclic) bond motifs is 1. The number of piperidine rings is 1. The summed E-state index contributed by atoms with van der Waals surface area (Å²) in [7, 11) is 0. The number of ether oxygens (including phenoxy) is 1. The Hall–Kier alpha value is -2.22. The molecule has 0 saturated carbocycles. The molecule has 3 aromatic heterocycles. The van der Waals surface area contributed by atoms with E-state index in [1.165, 1.54) is 0 Å². The maximum absolute atomic E-state index is 5.90. The highest BCUT2D eigenvalue weighted by molar-refractivity contribution is 9.10. The maximum Gasteiger partial charge on any atom is 0.231 e. The number of aromatic nitrogens is 5. The molecule has 0 atom stereocenters. The van der Waals surface area contributed by atoms with Gasteiger partial charge < -0.3 is 9.64 Å². The molecule has 1 saturated heterocycles. The lowest BCUT2D eigenvalue weighted by atomic mass is 9.98. The molecule has 1 aliphatic rings. The largest absolute Gasteiger partial charge is 0.476 e. The van der Waals surface area contributed by atoms with Gasteiger partial charge in [-0.15, -0.1) is 5.10 Å². The molecule has 1 fully saturated rings. The van der Waals surface area contributed by atoms with E-state index in [-0.39, 0.29) is 0 Å². The number of hydrogen-bond donors (Lipinski definition) is 0. The third kappa shape index (κ3) is 3.73. The molecule has 3 aromatic rings. The van der Waals surface area contributed by atoms with Crippen LogP contribution in [0.3, 0.4) is 0 Å². The third-order valence-corrected chi connectivity index (χ3v) is 4.80. The zero-order chi connectivity index (χ0) is 17.2. The van der Waals surface area contributed by atoms with E-state index in [1.807, 2.05) is 25.3 Å². The van der Waals surface area contributed by atoms with Crippen molar-refractivity contribution in [3.8, 4) is 5.88 Å². The molecule has 1 aliphatic heterocycles. The molecule has 0 amide bonds. The van der Waals surface area contributed by atoms with Gasteiger partial charge in [0, 0.05) is 31.5 Å². The molecule has 25 heavy (non-hydrogen) atoms. The van der Waals surface area contributed by atoms with Crippen molar-refractivity contribution in [3.05, 3.63) is 40.9 Å². The Bertz CT molecular complexity index is 857. The summed E-state index contributed by atoms with van der Waals surface area (Å²) in [6.45, 7) is 4.53. The first kappa shape index (κ1) is 16.3. The minimum atomic E-state index is 0.522. The van der Waals surface area contributed by atoms with Gasteiger partial charge in [-0.2, -0.15) is 0 Å². The Morgan fingerprint density at radius 2 is 1.96 bits per heavy atom. The standard InChI is InChI=1S/C17H19BrN6O/c1-12-10-24-15(21-12)2-3-16(22-24)25-11-13-4-6-23(7-5-13)17-19-8-14(18)9-20-17/h2-3,8-10,13H,4-7,11H2,1H3. The molecule has 0 aromatic carbocycles. The van der Waals surface area contributed by atoms with E-state index in [9.17, 15) is 0 Å². The van der Waals surface area contributed by atoms with E-state index in [2.05, 4.69) is 40.9 Å². The maximum atomic E-state index is 5.90. The molecule has 0 aliphatic carbocycles. The van der Waals surface area contributed by atoms with Crippen LogP contribution in [0.5, 0.6) is 5.88 Å². The molecule has 8 heteroatoms. The zero-order valence-corrected chi connectivity index (χ0v) is 15.6. The lowest BCUT2D eigenvalue weighted by Crippen LogP contribution is -2.36. The van der Waals surface area contributed by atoms with E-state index >= 15 is 0 Å². The van der Waals surface area contributed by atoms with Gasteiger partial charge >= 0.3 is 0 Å². The van der Waals surface area contributed by atoms with Gasteiger partial charge in [0.05, 0.1) is 23.0 Å². The molecule has 4 heterocycles. The molecule has 0 bridgehead atoms. The molecule has 0 radical (unpaired) electrons. The molecule has 130 valence electrons. The van der Waals surface area contributed by atoms with Crippen LogP contribution in [0.25, 0.3) is 5.65 Å². The second kappa shape index (κ2) is 6.95. The van der Waals surface area contributed by atoms with E-state index < -0.39 is 0 Å². The Labute approximate surface area is 154 Å². The second-order valence-corrected chi connectivity index (χ2v) is 7.22. The highest BCUT2D eigenvalue weighted by Crippen LogP contribution is 2.22. The summed E-state index contributed by atoms with van der Waals surface area (Å²) in [5, 5.41) is 4.45. The Morgan fingerprint density at radius 1 is 1.20 bits per heavy atom. The normalized spacial score (nSPS) is 15.7. The van der Waals surface area contributed by atoms with Gasteiger partial charge in [0.2, 0.25) is 11.8 Å². The first-order valence-electron chi connectivity index (χ1n) is 8.36. The summed E-state index contributed by atoms with van der Waals surface area (Å²) >= 11 is 3.37. The average molecular weight is 403 g/mol. The van der Waals surface area contributed by atoms with Crippen molar-refractivity contribution < 1.29 is 4.74 Å². The van der Waals surface area contributed by atoms with Crippen LogP contribution in [-0.4, -0.2) is 44.3 Å². The van der Waals surface area contributed by atoms with E-state index in [4.69, 9.17) is 4.74 Å². The quantitative estimate of drug-likeness (QED) is 0.668. The first-order valence-corrected chi connectivity index (χ1v) is 9.15. The van der Waals surface area contributed by atoms with Crippen LogP contribution in [0, 0.1) is 12.8 Å². The van der Waals surface area contributed by atoms with Gasteiger partial charge in [0.15, 0.2) is 5.65 Å². The summed E-state index contributed by atoms with van der Waals surface area (Å²) in [6.07, 6.45) is 7.60. The van der Waals surface area contributed by atoms with E-state index in [0.717, 1.165) is 47.7 Å². The lowest BCUT2D eigenvalue weighted by Gasteiger charge is -2.31. The summed E-state index contributed by atoms with van der Waals surface area (Å²) in [6, 6.07) is 3.81. The Morgan fingerprint density at radius 3 is 2.72 bits per heavy atom. The predicted molar refractivity (Wildman–Crippen MR) is 97.9 cm³/mol. The monoisotopic (exact) mass is 402 g/mol. The number of rotatable bonds is 4. The van der Waals surface area contributed by atoms with Crippen molar-refractivity contribution in [2.45, 2.75) is 19.8 Å². The van der Waals surface area contributed by atoms with Gasteiger partial charge in [-0.1, -0.05) is 0 Å². The summed E-state index contributed by atoms with van der Waals surface area (Å²) in [4.78, 5) is 15.3. The number of nitrogens with zero attached hydrogens (tertiary/aromatic N) is 6. The van der Waals surface area contributed by atoms with Crippen LogP contribution in [0.1, 0.15) is 18.5 Å². The SMILES string of the molecule is Cc1cn2nc(OCC3CCN(c4ncc(Br)cn4)CC3)ccc2n1. The molecule has 0 spiro atoms. The second-order valence-electron chi connectivity index (χ2n) is 6.30. The lowest BCUT2D eigenvalue weighted by molar-refractivity contribution is 0.213. The topological polar surface area (TPSA) is 68.4 Å². The molecule has 4 rings (SSSR count). The molecular weight excluding hydrogens is 384 g/mol. The van der Waals surface area contributed by atoms with Crippen LogP contribution < -0.4 is 9.64 Å². The van der Waals surface area contributed by atoms with Crippen molar-refractivity contribution in [2.75, 3.05) is 24.6 Å². The smallest absolute Gasteiger partial charge is 0.231 e. The van der Waals surface area contributed by atoms with Crippen molar-refractivity contribution in [1.29, 1.82) is 0 Å². The number of anilines is 1. The van der Waals surface area contributed by atoms with Gasteiger partial charge in [-0.05, 0) is 47.7 Å². The van der Waals surface area contributed by atoms with E-state index in [1.54, 1.807) is 16.9 Å². The van der Waals surface area contributed by atoms with Gasteiger partial charge in [-0.25, -0.2) is 19.5 Å². The van der Waals surface area contributed by atoms with Crippen molar-refractivity contribution >= 4 is 27.5 Å². The molecule has 0 unspecified atom stereocenters. The fourth-order valence-corrected chi connectivity index (χ4v) is 3.24. The molecule has 0 N–H and O–H groups in total. The summed E-state index contributed by atoms with van der Waals surface area (Å²) in [5.74, 6) is 1.96. The van der Waals surface area contributed by atoms with Gasteiger partial charge in [-0.3, -0.25) is 0 Å². The van der Waals surface area contributed by atoms with Crippen molar-refractivity contribution in [3.63, 3.8) is 0 Å². The third-order valence-electron chi connectivity index (χ3n) is 4.39. The molecule has 7 nitrogen and oxygen atoms in total. The number of aryl methyl sites for hydroxylation is 1. The highest BCUT2D eigenvalue weighted by Gasteiger charge is 2.21. The van der Waals surface area contributed by atoms with Crippen LogP contribution in [-0.2, 0) is 0 Å². The van der Waals surface area contributed by atoms with E-state index in [0.29, 0.717) is 18.4 Å². The van der Waals surface area contributed by atoms with Crippen LogP contribution in [0.2, 0.25) is 0 Å². The minimum Gasteiger partial charge on any atom is -0.476 e. The minimum absolute atomic E-state index is 0.522. The van der Waals surface area contributed by atoms with Crippen LogP contribution in [0.15, 0.2) is 35.2 Å². The first-order chi connectivity index (χ1) is 12.2. The van der Waals surface area contributed by atoms with Crippen LogP contribution >= 0.6 is 15.9 Å². The zero-order valence-electron chi connectivity index (χ0n) is 14.0. The van der Waals surface area contributed by atoms with Crippen LogP contribution in [0.4, 0.5) is 5.95 Å². The Kier molecular flexibility index (Phi) is 4.52. The van der Waals surface area contributed by atoms with Crippen molar-refractivity contribution in [1.82, 2.24) is 24.6 Å². The summed E-state index contributed by atoms with van der Waals surface area (Å²) < 4.78 is 8.57. The number of imidazole rings is 1. The molecular formula is C17H19BrN6O. The Balaban J connectivity index is 1.31. The average Bonchev–Trinajstić information content (AvgIpc) is 3.00. The number of halogens is 1. The fraction of sp³-hybridized carbons (Fsp3) is 0.412. The van der Waals surface area contributed by atoms with Gasteiger partial charge in [0.1, 0.15) is 0 Å². The fourth-order valence-electron chi connectivity index (χ4n) is 3.03. The summed E-state index contributed by atoms with van der Waals surface area (Å²) in [5.41, 5.74) is 1.79. The number of hydrogen-bond acceptors (Lipinski definition) is 6. The predicted octanol–water partition coefficient (Wildman–Crippen LogP) is 2.89. The van der Waals surface area contributed by atoms with Crippen molar-refractivity contribution in [2.24, 2.45) is 5.92 Å².